The molecule has 1 aromatic carbocycles. The van der Waals surface area contributed by atoms with Crippen molar-refractivity contribution in [3.05, 3.63) is 29.3 Å². The summed E-state index contributed by atoms with van der Waals surface area (Å²) < 4.78 is 0. The highest BCUT2D eigenvalue weighted by Crippen LogP contribution is 2.53. The van der Waals surface area contributed by atoms with E-state index in [-0.39, 0.29) is 0 Å². The van der Waals surface area contributed by atoms with Crippen LogP contribution in [0.15, 0.2) is 18.2 Å². The zero-order chi connectivity index (χ0) is 15.3. The number of piperidine rings is 1. The van der Waals surface area contributed by atoms with E-state index in [4.69, 9.17) is 5.73 Å². The number of nitrogens with zero attached hydrogens (tertiary/aromatic N) is 1. The molecular formula is C20H30N2. The predicted octanol–water partition coefficient (Wildman–Crippen LogP) is 3.98. The van der Waals surface area contributed by atoms with Gasteiger partial charge < -0.3 is 5.73 Å². The highest BCUT2D eigenvalue weighted by Gasteiger charge is 2.51. The maximum absolute atomic E-state index is 6.14. The summed E-state index contributed by atoms with van der Waals surface area (Å²) in [6.07, 6.45) is 8.05. The fraction of sp³-hybridized carbons (Fsp3) is 0.700. The molecule has 0 amide bonds. The molecule has 2 aliphatic carbocycles. The zero-order valence-electron chi connectivity index (χ0n) is 14.1. The van der Waals surface area contributed by atoms with Gasteiger partial charge in [0, 0.05) is 23.7 Å². The number of anilines is 1. The zero-order valence-corrected chi connectivity index (χ0v) is 14.1. The van der Waals surface area contributed by atoms with Crippen LogP contribution in [0.2, 0.25) is 0 Å². The molecule has 0 radical (unpaired) electrons. The first kappa shape index (κ1) is 14.6. The summed E-state index contributed by atoms with van der Waals surface area (Å²) in [5, 5.41) is 0. The molecule has 1 aromatic rings. The van der Waals surface area contributed by atoms with Gasteiger partial charge in [-0.05, 0) is 73.7 Å². The smallest absolute Gasteiger partial charge is 0.0317 e. The molecule has 1 saturated heterocycles. The lowest BCUT2D eigenvalue weighted by Crippen LogP contribution is -2.59. The molecule has 2 bridgehead atoms. The minimum atomic E-state index is 0.377. The van der Waals surface area contributed by atoms with Gasteiger partial charge in [0.25, 0.3) is 0 Å². The minimum Gasteiger partial charge on any atom is -0.399 e. The molecule has 1 saturated carbocycles. The average molecular weight is 298 g/mol. The van der Waals surface area contributed by atoms with Crippen molar-refractivity contribution in [1.82, 2.24) is 4.90 Å². The lowest BCUT2D eigenvalue weighted by atomic mass is 9.55. The molecule has 3 atom stereocenters. The summed E-state index contributed by atoms with van der Waals surface area (Å²) >= 11 is 0. The van der Waals surface area contributed by atoms with Gasteiger partial charge >= 0.3 is 0 Å². The van der Waals surface area contributed by atoms with Crippen LogP contribution in [0, 0.1) is 11.8 Å². The van der Waals surface area contributed by atoms with Crippen molar-refractivity contribution < 1.29 is 0 Å². The van der Waals surface area contributed by atoms with Gasteiger partial charge in [-0.3, -0.25) is 4.90 Å². The highest BCUT2D eigenvalue weighted by molar-refractivity contribution is 5.50. The van der Waals surface area contributed by atoms with Crippen molar-refractivity contribution in [2.24, 2.45) is 11.8 Å². The Balaban J connectivity index is 1.76. The Bertz CT molecular complexity index is 563. The van der Waals surface area contributed by atoms with Crippen LogP contribution in [-0.2, 0) is 11.8 Å². The number of benzene rings is 1. The Labute approximate surface area is 135 Å². The van der Waals surface area contributed by atoms with Crippen LogP contribution in [0.25, 0.3) is 0 Å². The van der Waals surface area contributed by atoms with Crippen molar-refractivity contribution in [3.63, 3.8) is 0 Å². The second-order valence-electron chi connectivity index (χ2n) is 7.90. The van der Waals surface area contributed by atoms with E-state index in [1.165, 1.54) is 51.6 Å². The number of hydrogen-bond acceptors (Lipinski definition) is 2. The van der Waals surface area contributed by atoms with Crippen molar-refractivity contribution in [1.29, 1.82) is 0 Å². The van der Waals surface area contributed by atoms with E-state index in [9.17, 15) is 0 Å². The van der Waals surface area contributed by atoms with Gasteiger partial charge in [-0.2, -0.15) is 0 Å². The normalized spacial score (nSPS) is 34.5. The standard InChI is InChI=1S/C20H30N2/c1-3-17-19-11-15-7-8-16(21)12-18(15)20(17,4-2)9-10-22(19)13-14-5-6-14/h7-8,12,14,17,19H,3-6,9-11,13,21H2,1-2H3/t17?,19-,20-/m1/s1. The van der Waals surface area contributed by atoms with Crippen molar-refractivity contribution in [3.8, 4) is 0 Å². The Morgan fingerprint density at radius 3 is 2.77 bits per heavy atom. The highest BCUT2D eigenvalue weighted by atomic mass is 15.2. The molecule has 2 fully saturated rings. The van der Waals surface area contributed by atoms with Crippen LogP contribution in [0.5, 0.6) is 0 Å². The molecule has 2 heteroatoms. The third-order valence-corrected chi connectivity index (χ3v) is 6.85. The number of fused-ring (bicyclic) bond motifs is 4. The molecule has 4 rings (SSSR count). The Morgan fingerprint density at radius 2 is 2.09 bits per heavy atom. The average Bonchev–Trinajstić information content (AvgIpc) is 3.34. The molecule has 1 aliphatic heterocycles. The molecule has 1 heterocycles. The second-order valence-corrected chi connectivity index (χ2v) is 7.90. The summed E-state index contributed by atoms with van der Waals surface area (Å²) in [5.74, 6) is 1.80. The lowest BCUT2D eigenvalue weighted by molar-refractivity contribution is 0.00678. The van der Waals surface area contributed by atoms with E-state index in [0.717, 1.165) is 23.6 Å². The Morgan fingerprint density at radius 1 is 1.27 bits per heavy atom. The van der Waals surface area contributed by atoms with Gasteiger partial charge in [-0.15, -0.1) is 0 Å². The van der Waals surface area contributed by atoms with Gasteiger partial charge in [0.05, 0.1) is 0 Å². The van der Waals surface area contributed by atoms with E-state index in [2.05, 4.69) is 36.9 Å². The SMILES string of the molecule is CCC1[C@H]2Cc3ccc(N)cc3[C@]1(CC)CCN2CC1CC1. The number of likely N-dealkylation sites (tertiary alicyclic amines) is 1. The summed E-state index contributed by atoms with van der Waals surface area (Å²) in [7, 11) is 0. The van der Waals surface area contributed by atoms with Crippen LogP contribution >= 0.6 is 0 Å². The first-order valence-electron chi connectivity index (χ1n) is 9.31. The van der Waals surface area contributed by atoms with Crippen LogP contribution < -0.4 is 5.73 Å². The Kier molecular flexibility index (Phi) is 3.48. The predicted molar refractivity (Wildman–Crippen MR) is 93.0 cm³/mol. The van der Waals surface area contributed by atoms with E-state index in [1.807, 2.05) is 0 Å². The largest absolute Gasteiger partial charge is 0.399 e. The van der Waals surface area contributed by atoms with Crippen LogP contribution in [0.3, 0.4) is 0 Å². The van der Waals surface area contributed by atoms with Crippen molar-refractivity contribution in [2.45, 2.75) is 63.8 Å². The molecule has 3 aliphatic rings. The Hall–Kier alpha value is -1.02. The number of nitrogen functional groups attached to an aromatic ring is 1. The third kappa shape index (κ3) is 2.11. The van der Waals surface area contributed by atoms with Gasteiger partial charge in [0.1, 0.15) is 0 Å². The molecule has 2 N–H and O–H groups in total. The lowest BCUT2D eigenvalue weighted by Gasteiger charge is -2.57. The minimum absolute atomic E-state index is 0.377. The van der Waals surface area contributed by atoms with E-state index in [1.54, 1.807) is 11.1 Å². The molecule has 120 valence electrons. The van der Waals surface area contributed by atoms with E-state index in [0.29, 0.717) is 5.41 Å². The summed E-state index contributed by atoms with van der Waals surface area (Å²) in [6, 6.07) is 7.48. The van der Waals surface area contributed by atoms with Crippen LogP contribution in [-0.4, -0.2) is 24.0 Å². The van der Waals surface area contributed by atoms with Gasteiger partial charge in [0.15, 0.2) is 0 Å². The molecule has 1 unspecified atom stereocenters. The van der Waals surface area contributed by atoms with Crippen LogP contribution in [0.4, 0.5) is 5.69 Å². The topological polar surface area (TPSA) is 29.3 Å². The number of nitrogens with two attached hydrogens (primary N) is 1. The van der Waals surface area contributed by atoms with Crippen molar-refractivity contribution >= 4 is 5.69 Å². The molecule has 22 heavy (non-hydrogen) atoms. The monoisotopic (exact) mass is 298 g/mol. The second kappa shape index (κ2) is 5.26. The van der Waals surface area contributed by atoms with Gasteiger partial charge in [-0.1, -0.05) is 26.3 Å². The quantitative estimate of drug-likeness (QED) is 0.852. The number of hydrogen-bond donors (Lipinski definition) is 1. The van der Waals surface area contributed by atoms with Gasteiger partial charge in [-0.25, -0.2) is 0 Å². The first-order valence-corrected chi connectivity index (χ1v) is 9.31. The fourth-order valence-corrected chi connectivity index (χ4v) is 5.53. The molecule has 2 nitrogen and oxygen atoms in total. The third-order valence-electron chi connectivity index (χ3n) is 6.85. The molecular weight excluding hydrogens is 268 g/mol. The summed E-state index contributed by atoms with van der Waals surface area (Å²) in [5.41, 5.74) is 10.6. The van der Waals surface area contributed by atoms with Gasteiger partial charge in [0.2, 0.25) is 0 Å². The first-order chi connectivity index (χ1) is 10.7. The fourth-order valence-electron chi connectivity index (χ4n) is 5.53. The maximum Gasteiger partial charge on any atom is 0.0317 e. The maximum atomic E-state index is 6.14. The summed E-state index contributed by atoms with van der Waals surface area (Å²) in [6.45, 7) is 7.44. The van der Waals surface area contributed by atoms with Crippen LogP contribution in [0.1, 0.15) is 57.1 Å². The number of rotatable bonds is 4. The van der Waals surface area contributed by atoms with E-state index >= 15 is 0 Å². The molecule has 0 aromatic heterocycles. The van der Waals surface area contributed by atoms with Crippen molar-refractivity contribution in [2.75, 3.05) is 18.8 Å². The summed E-state index contributed by atoms with van der Waals surface area (Å²) in [4.78, 5) is 2.85. The molecule has 0 spiro atoms. The van der Waals surface area contributed by atoms with E-state index < -0.39 is 0 Å².